The minimum Gasteiger partial charge on any atom is -0.396 e. The fourth-order valence-corrected chi connectivity index (χ4v) is 1.47. The first-order valence-corrected chi connectivity index (χ1v) is 5.27. The number of anilines is 3. The number of rotatable bonds is 2. The molecule has 0 atom stereocenters. The van der Waals surface area contributed by atoms with E-state index in [-0.39, 0.29) is 16.9 Å². The number of nitriles is 2. The van der Waals surface area contributed by atoms with Gasteiger partial charge in [0.1, 0.15) is 23.8 Å². The summed E-state index contributed by atoms with van der Waals surface area (Å²) in [6.45, 7) is 0. The SMILES string of the molecule is N#Cc1cc(Nc2ccc(N)c(C#N)n2)ccc1F. The lowest BCUT2D eigenvalue weighted by atomic mass is 10.2. The summed E-state index contributed by atoms with van der Waals surface area (Å²) in [4.78, 5) is 3.99. The van der Waals surface area contributed by atoms with Gasteiger partial charge in [0, 0.05) is 5.69 Å². The quantitative estimate of drug-likeness (QED) is 0.855. The van der Waals surface area contributed by atoms with Crippen LogP contribution in [0.4, 0.5) is 21.6 Å². The van der Waals surface area contributed by atoms with Crippen LogP contribution in [0, 0.1) is 28.5 Å². The lowest BCUT2D eigenvalue weighted by Gasteiger charge is -2.07. The highest BCUT2D eigenvalue weighted by atomic mass is 19.1. The first-order valence-electron chi connectivity index (χ1n) is 5.27. The number of hydrogen-bond donors (Lipinski definition) is 2. The van der Waals surface area contributed by atoms with Gasteiger partial charge < -0.3 is 11.1 Å². The summed E-state index contributed by atoms with van der Waals surface area (Å²) in [5.41, 5.74) is 6.37. The van der Waals surface area contributed by atoms with Gasteiger partial charge in [0.2, 0.25) is 0 Å². The Labute approximate surface area is 108 Å². The summed E-state index contributed by atoms with van der Waals surface area (Å²) >= 11 is 0. The number of nitrogen functional groups attached to an aromatic ring is 1. The number of nitrogens with two attached hydrogens (primary N) is 1. The van der Waals surface area contributed by atoms with Gasteiger partial charge in [0.05, 0.1) is 11.3 Å². The van der Waals surface area contributed by atoms with E-state index in [2.05, 4.69) is 10.3 Å². The van der Waals surface area contributed by atoms with Gasteiger partial charge in [-0.05, 0) is 30.3 Å². The van der Waals surface area contributed by atoms with E-state index in [0.29, 0.717) is 11.5 Å². The van der Waals surface area contributed by atoms with Crippen LogP contribution in [0.15, 0.2) is 30.3 Å². The lowest BCUT2D eigenvalue weighted by Crippen LogP contribution is -1.99. The van der Waals surface area contributed by atoms with E-state index in [1.807, 2.05) is 6.07 Å². The van der Waals surface area contributed by atoms with Crippen molar-refractivity contribution in [1.82, 2.24) is 4.98 Å². The highest BCUT2D eigenvalue weighted by Crippen LogP contribution is 2.19. The Morgan fingerprint density at radius 2 is 1.95 bits per heavy atom. The minimum atomic E-state index is -0.587. The standard InChI is InChI=1S/C13H8FN5/c14-10-2-1-9(5-8(10)6-15)18-13-4-3-11(17)12(7-16)19-13/h1-5H,17H2,(H,18,19). The Kier molecular flexibility index (Phi) is 3.26. The summed E-state index contributed by atoms with van der Waals surface area (Å²) < 4.78 is 13.2. The first-order chi connectivity index (χ1) is 9.13. The number of benzene rings is 1. The fraction of sp³-hybridized carbons (Fsp3) is 0. The molecule has 0 fully saturated rings. The normalized spacial score (nSPS) is 9.42. The van der Waals surface area contributed by atoms with Crippen molar-refractivity contribution in [2.75, 3.05) is 11.1 Å². The topological polar surface area (TPSA) is 98.5 Å². The molecule has 92 valence electrons. The third-order valence-corrected chi connectivity index (χ3v) is 2.39. The molecule has 0 unspecified atom stereocenters. The van der Waals surface area contributed by atoms with Gasteiger partial charge in [-0.2, -0.15) is 10.5 Å². The van der Waals surface area contributed by atoms with Gasteiger partial charge in [0.15, 0.2) is 5.69 Å². The van der Waals surface area contributed by atoms with Crippen LogP contribution in [-0.4, -0.2) is 4.98 Å². The Hall–Kier alpha value is -3.12. The Morgan fingerprint density at radius 1 is 1.16 bits per heavy atom. The molecular weight excluding hydrogens is 245 g/mol. The van der Waals surface area contributed by atoms with Gasteiger partial charge in [-0.3, -0.25) is 0 Å². The minimum absolute atomic E-state index is 0.0686. The van der Waals surface area contributed by atoms with Crippen LogP contribution < -0.4 is 11.1 Å². The smallest absolute Gasteiger partial charge is 0.165 e. The molecule has 0 aliphatic carbocycles. The average Bonchev–Trinajstić information content (AvgIpc) is 2.43. The van der Waals surface area contributed by atoms with Gasteiger partial charge in [-0.25, -0.2) is 9.37 Å². The predicted octanol–water partition coefficient (Wildman–Crippen LogP) is 2.29. The summed E-state index contributed by atoms with van der Waals surface area (Å²) in [6, 6.07) is 10.8. The first kappa shape index (κ1) is 12.3. The second-order valence-electron chi connectivity index (χ2n) is 3.68. The zero-order valence-electron chi connectivity index (χ0n) is 9.68. The zero-order valence-corrected chi connectivity index (χ0v) is 9.68. The largest absolute Gasteiger partial charge is 0.396 e. The van der Waals surface area contributed by atoms with Crippen molar-refractivity contribution in [3.05, 3.63) is 47.4 Å². The Morgan fingerprint density at radius 3 is 2.63 bits per heavy atom. The molecule has 0 amide bonds. The molecule has 2 aromatic rings. The molecule has 2 rings (SSSR count). The van der Waals surface area contributed by atoms with E-state index in [0.717, 1.165) is 0 Å². The number of nitrogens with zero attached hydrogens (tertiary/aromatic N) is 3. The number of nitrogens with one attached hydrogen (secondary N) is 1. The molecule has 0 aliphatic heterocycles. The molecule has 0 bridgehead atoms. The van der Waals surface area contributed by atoms with Gasteiger partial charge in [-0.1, -0.05) is 0 Å². The number of aromatic nitrogens is 1. The summed E-state index contributed by atoms with van der Waals surface area (Å²) in [6.07, 6.45) is 0. The molecule has 5 nitrogen and oxygen atoms in total. The van der Waals surface area contributed by atoms with E-state index in [1.54, 1.807) is 18.2 Å². The second-order valence-corrected chi connectivity index (χ2v) is 3.68. The fourth-order valence-electron chi connectivity index (χ4n) is 1.47. The van der Waals surface area contributed by atoms with Crippen LogP contribution >= 0.6 is 0 Å². The Balaban J connectivity index is 2.32. The van der Waals surface area contributed by atoms with Crippen molar-refractivity contribution < 1.29 is 4.39 Å². The maximum absolute atomic E-state index is 13.2. The molecule has 0 spiro atoms. The number of halogens is 1. The van der Waals surface area contributed by atoms with E-state index >= 15 is 0 Å². The molecule has 0 radical (unpaired) electrons. The van der Waals surface area contributed by atoms with Crippen LogP contribution in [-0.2, 0) is 0 Å². The molecule has 6 heteroatoms. The van der Waals surface area contributed by atoms with Crippen LogP contribution in [0.2, 0.25) is 0 Å². The van der Waals surface area contributed by atoms with E-state index in [9.17, 15) is 4.39 Å². The summed E-state index contributed by atoms with van der Waals surface area (Å²) in [5.74, 6) is -0.197. The third kappa shape index (κ3) is 2.59. The van der Waals surface area contributed by atoms with E-state index in [4.69, 9.17) is 16.3 Å². The van der Waals surface area contributed by atoms with Gasteiger partial charge in [0.25, 0.3) is 0 Å². The maximum Gasteiger partial charge on any atom is 0.165 e. The molecule has 1 aromatic carbocycles. The predicted molar refractivity (Wildman–Crippen MR) is 67.8 cm³/mol. The van der Waals surface area contributed by atoms with Crippen LogP contribution in [0.5, 0.6) is 0 Å². The van der Waals surface area contributed by atoms with Crippen LogP contribution in [0.25, 0.3) is 0 Å². The monoisotopic (exact) mass is 253 g/mol. The molecule has 0 aliphatic rings. The number of hydrogen-bond acceptors (Lipinski definition) is 5. The van der Waals surface area contributed by atoms with E-state index in [1.165, 1.54) is 18.2 Å². The second kappa shape index (κ2) is 5.03. The highest BCUT2D eigenvalue weighted by Gasteiger charge is 2.05. The number of pyridine rings is 1. The van der Waals surface area contributed by atoms with Crippen molar-refractivity contribution in [2.24, 2.45) is 0 Å². The highest BCUT2D eigenvalue weighted by molar-refractivity contribution is 5.62. The van der Waals surface area contributed by atoms with Crippen LogP contribution in [0.1, 0.15) is 11.3 Å². The zero-order chi connectivity index (χ0) is 13.8. The molecular formula is C13H8FN5. The molecule has 1 heterocycles. The maximum atomic E-state index is 13.2. The lowest BCUT2D eigenvalue weighted by molar-refractivity contribution is 0.624. The molecule has 0 saturated heterocycles. The van der Waals surface area contributed by atoms with Crippen molar-refractivity contribution in [1.29, 1.82) is 10.5 Å². The van der Waals surface area contributed by atoms with Crippen molar-refractivity contribution in [3.8, 4) is 12.1 Å². The average molecular weight is 253 g/mol. The summed E-state index contributed by atoms with van der Waals surface area (Å²) in [5, 5.41) is 20.4. The molecule has 19 heavy (non-hydrogen) atoms. The van der Waals surface area contributed by atoms with Gasteiger partial charge >= 0.3 is 0 Å². The van der Waals surface area contributed by atoms with E-state index < -0.39 is 5.82 Å². The van der Waals surface area contributed by atoms with Crippen molar-refractivity contribution >= 4 is 17.2 Å². The third-order valence-electron chi connectivity index (χ3n) is 2.39. The molecule has 0 saturated carbocycles. The summed E-state index contributed by atoms with van der Waals surface area (Å²) in [7, 11) is 0. The Bertz CT molecular complexity index is 650. The van der Waals surface area contributed by atoms with Crippen LogP contribution in [0.3, 0.4) is 0 Å². The van der Waals surface area contributed by atoms with Gasteiger partial charge in [-0.15, -0.1) is 0 Å². The molecule has 1 aromatic heterocycles. The van der Waals surface area contributed by atoms with Crippen molar-refractivity contribution in [2.45, 2.75) is 0 Å². The van der Waals surface area contributed by atoms with Crippen molar-refractivity contribution in [3.63, 3.8) is 0 Å². The molecule has 3 N–H and O–H groups in total.